The molecule has 0 saturated heterocycles. The van der Waals surface area contributed by atoms with E-state index in [4.69, 9.17) is 17.3 Å². The molecular formula is C13H18ClN3O. The Labute approximate surface area is 112 Å². The number of nitrogens with one attached hydrogen (secondary N) is 1. The number of carbonyl (C=O) groups is 1. The van der Waals surface area contributed by atoms with Crippen LogP contribution in [-0.2, 0) is 4.79 Å². The Bertz CT molecular complexity index is 430. The summed E-state index contributed by atoms with van der Waals surface area (Å²) in [6.45, 7) is 0.388. The molecule has 1 heterocycles. The monoisotopic (exact) mass is 267 g/mol. The van der Waals surface area contributed by atoms with E-state index in [0.29, 0.717) is 17.5 Å². The van der Waals surface area contributed by atoms with Crippen molar-refractivity contribution in [1.82, 2.24) is 4.98 Å². The van der Waals surface area contributed by atoms with Crippen LogP contribution in [0.5, 0.6) is 0 Å². The highest BCUT2D eigenvalue weighted by atomic mass is 35.5. The normalized spacial score (nSPS) is 18.3. The fourth-order valence-electron chi connectivity index (χ4n) is 2.48. The standard InChI is InChI=1S/C13H18ClN3O/c14-10-5-4-6-11(16-10)17-12(18)13(9-15)7-2-1-3-8-13/h4-6H,1-3,7-9,15H2,(H,16,17,18). The van der Waals surface area contributed by atoms with Crippen LogP contribution in [0, 0.1) is 5.41 Å². The maximum absolute atomic E-state index is 12.4. The number of carbonyl (C=O) groups excluding carboxylic acids is 1. The van der Waals surface area contributed by atoms with E-state index in [9.17, 15) is 4.79 Å². The number of amides is 1. The third-order valence-electron chi connectivity index (χ3n) is 3.64. The quantitative estimate of drug-likeness (QED) is 0.827. The van der Waals surface area contributed by atoms with Gasteiger partial charge in [0.1, 0.15) is 11.0 Å². The van der Waals surface area contributed by atoms with Crippen LogP contribution in [0.2, 0.25) is 5.15 Å². The summed E-state index contributed by atoms with van der Waals surface area (Å²) in [7, 11) is 0. The molecule has 0 bridgehead atoms. The van der Waals surface area contributed by atoms with Gasteiger partial charge < -0.3 is 11.1 Å². The number of halogens is 1. The zero-order chi connectivity index (χ0) is 13.0. The van der Waals surface area contributed by atoms with Crippen molar-refractivity contribution in [2.75, 3.05) is 11.9 Å². The first-order chi connectivity index (χ1) is 8.66. The third-order valence-corrected chi connectivity index (χ3v) is 3.85. The molecule has 1 aromatic heterocycles. The van der Waals surface area contributed by atoms with E-state index in [2.05, 4.69) is 10.3 Å². The molecule has 3 N–H and O–H groups in total. The van der Waals surface area contributed by atoms with E-state index in [1.165, 1.54) is 6.42 Å². The summed E-state index contributed by atoms with van der Waals surface area (Å²) < 4.78 is 0. The van der Waals surface area contributed by atoms with Crippen molar-refractivity contribution in [3.8, 4) is 0 Å². The lowest BCUT2D eigenvalue weighted by Crippen LogP contribution is -2.44. The molecule has 1 amide bonds. The van der Waals surface area contributed by atoms with Crippen molar-refractivity contribution < 1.29 is 4.79 Å². The maximum Gasteiger partial charge on any atom is 0.233 e. The zero-order valence-electron chi connectivity index (χ0n) is 10.3. The minimum absolute atomic E-state index is 0.0283. The predicted octanol–water partition coefficient (Wildman–Crippen LogP) is 2.58. The first kappa shape index (κ1) is 13.3. The Kier molecular flexibility index (Phi) is 4.19. The Morgan fingerprint density at radius 1 is 1.39 bits per heavy atom. The van der Waals surface area contributed by atoms with Crippen molar-refractivity contribution >= 4 is 23.3 Å². The van der Waals surface area contributed by atoms with Crippen molar-refractivity contribution in [3.05, 3.63) is 23.4 Å². The molecule has 98 valence electrons. The van der Waals surface area contributed by atoms with Gasteiger partial charge in [0.2, 0.25) is 5.91 Å². The van der Waals surface area contributed by atoms with Crippen molar-refractivity contribution in [1.29, 1.82) is 0 Å². The molecule has 5 heteroatoms. The molecule has 0 radical (unpaired) electrons. The summed E-state index contributed by atoms with van der Waals surface area (Å²) in [5.41, 5.74) is 5.39. The van der Waals surface area contributed by atoms with Crippen LogP contribution in [0.15, 0.2) is 18.2 Å². The van der Waals surface area contributed by atoms with Gasteiger partial charge in [-0.15, -0.1) is 0 Å². The molecule has 0 atom stereocenters. The lowest BCUT2D eigenvalue weighted by molar-refractivity contribution is -0.126. The fraction of sp³-hybridized carbons (Fsp3) is 0.538. The Morgan fingerprint density at radius 2 is 2.11 bits per heavy atom. The van der Waals surface area contributed by atoms with E-state index in [1.807, 2.05) is 0 Å². The Balaban J connectivity index is 2.10. The summed E-state index contributed by atoms with van der Waals surface area (Å²) in [5.74, 6) is 0.463. The van der Waals surface area contributed by atoms with Gasteiger partial charge in [-0.05, 0) is 25.0 Å². The Hall–Kier alpha value is -1.13. The minimum atomic E-state index is -0.428. The number of nitrogens with two attached hydrogens (primary N) is 1. The molecule has 0 aromatic carbocycles. The molecule has 1 aromatic rings. The van der Waals surface area contributed by atoms with Gasteiger partial charge in [0.15, 0.2) is 0 Å². The average molecular weight is 268 g/mol. The van der Waals surface area contributed by atoms with Crippen LogP contribution in [0.1, 0.15) is 32.1 Å². The number of rotatable bonds is 3. The lowest BCUT2D eigenvalue weighted by atomic mass is 9.73. The SMILES string of the molecule is NCC1(C(=O)Nc2cccc(Cl)n2)CCCCC1. The summed E-state index contributed by atoms with van der Waals surface area (Å²) in [4.78, 5) is 16.4. The van der Waals surface area contributed by atoms with E-state index in [1.54, 1.807) is 18.2 Å². The number of aromatic nitrogens is 1. The predicted molar refractivity (Wildman–Crippen MR) is 72.4 cm³/mol. The second-order valence-corrected chi connectivity index (χ2v) is 5.23. The van der Waals surface area contributed by atoms with Gasteiger partial charge in [0.25, 0.3) is 0 Å². The molecule has 18 heavy (non-hydrogen) atoms. The summed E-state index contributed by atoms with van der Waals surface area (Å²) in [6, 6.07) is 5.17. The van der Waals surface area contributed by atoms with Crippen LogP contribution in [0.4, 0.5) is 5.82 Å². The van der Waals surface area contributed by atoms with Crippen LogP contribution in [0.3, 0.4) is 0 Å². The smallest absolute Gasteiger partial charge is 0.233 e. The summed E-state index contributed by atoms with van der Waals surface area (Å²) in [6.07, 6.45) is 5.03. The molecule has 4 nitrogen and oxygen atoms in total. The van der Waals surface area contributed by atoms with Crippen LogP contribution >= 0.6 is 11.6 Å². The molecule has 0 aliphatic heterocycles. The molecule has 1 aliphatic rings. The largest absolute Gasteiger partial charge is 0.329 e. The van der Waals surface area contributed by atoms with Gasteiger partial charge in [-0.1, -0.05) is 36.9 Å². The highest BCUT2D eigenvalue weighted by Gasteiger charge is 2.38. The van der Waals surface area contributed by atoms with Gasteiger partial charge in [-0.25, -0.2) is 4.98 Å². The second-order valence-electron chi connectivity index (χ2n) is 4.84. The molecule has 1 saturated carbocycles. The van der Waals surface area contributed by atoms with Crippen LogP contribution in [0.25, 0.3) is 0 Å². The minimum Gasteiger partial charge on any atom is -0.329 e. The number of hydrogen-bond donors (Lipinski definition) is 2. The molecule has 1 aliphatic carbocycles. The average Bonchev–Trinajstić information content (AvgIpc) is 2.39. The first-order valence-electron chi connectivity index (χ1n) is 6.30. The summed E-state index contributed by atoms with van der Waals surface area (Å²) in [5, 5.41) is 3.20. The topological polar surface area (TPSA) is 68.0 Å². The van der Waals surface area contributed by atoms with Crippen LogP contribution < -0.4 is 11.1 Å². The fourth-order valence-corrected chi connectivity index (χ4v) is 2.64. The highest BCUT2D eigenvalue weighted by molar-refractivity contribution is 6.29. The molecule has 2 rings (SSSR count). The number of pyridine rings is 1. The molecule has 0 spiro atoms. The van der Waals surface area contributed by atoms with Crippen molar-refractivity contribution in [2.24, 2.45) is 11.1 Å². The van der Waals surface area contributed by atoms with E-state index in [0.717, 1.165) is 25.7 Å². The lowest BCUT2D eigenvalue weighted by Gasteiger charge is -2.34. The molecular weight excluding hydrogens is 250 g/mol. The maximum atomic E-state index is 12.4. The molecule has 1 fully saturated rings. The van der Waals surface area contributed by atoms with Gasteiger partial charge in [0, 0.05) is 6.54 Å². The number of anilines is 1. The number of hydrogen-bond acceptors (Lipinski definition) is 3. The Morgan fingerprint density at radius 3 is 2.72 bits per heavy atom. The van der Waals surface area contributed by atoms with Crippen LogP contribution in [-0.4, -0.2) is 17.4 Å². The first-order valence-corrected chi connectivity index (χ1v) is 6.68. The van der Waals surface area contributed by atoms with E-state index >= 15 is 0 Å². The highest BCUT2D eigenvalue weighted by Crippen LogP contribution is 2.36. The third kappa shape index (κ3) is 2.82. The zero-order valence-corrected chi connectivity index (χ0v) is 11.0. The summed E-state index contributed by atoms with van der Waals surface area (Å²) >= 11 is 5.80. The van der Waals surface area contributed by atoms with Gasteiger partial charge in [-0.2, -0.15) is 0 Å². The van der Waals surface area contributed by atoms with E-state index < -0.39 is 5.41 Å². The number of nitrogens with zero attached hydrogens (tertiary/aromatic N) is 1. The second kappa shape index (κ2) is 5.67. The van der Waals surface area contributed by atoms with Crippen molar-refractivity contribution in [3.63, 3.8) is 0 Å². The van der Waals surface area contributed by atoms with Gasteiger partial charge in [0.05, 0.1) is 5.41 Å². The van der Waals surface area contributed by atoms with Gasteiger partial charge >= 0.3 is 0 Å². The van der Waals surface area contributed by atoms with Crippen molar-refractivity contribution in [2.45, 2.75) is 32.1 Å². The van der Waals surface area contributed by atoms with E-state index in [-0.39, 0.29) is 5.91 Å². The van der Waals surface area contributed by atoms with Gasteiger partial charge in [-0.3, -0.25) is 4.79 Å². The molecule has 0 unspecified atom stereocenters.